The van der Waals surface area contributed by atoms with Crippen molar-refractivity contribution in [2.75, 3.05) is 13.1 Å². The van der Waals surface area contributed by atoms with Crippen LogP contribution in [0.1, 0.15) is 34.8 Å². The van der Waals surface area contributed by atoms with Crippen molar-refractivity contribution in [2.45, 2.75) is 33.2 Å². The first-order valence-corrected chi connectivity index (χ1v) is 6.61. The Morgan fingerprint density at radius 3 is 2.78 bits per heavy atom. The largest absolute Gasteiger partial charge is 0.337 e. The molecule has 0 saturated carbocycles. The number of nitrogens with zero attached hydrogens (tertiary/aromatic N) is 1. The number of benzene rings is 1. The predicted octanol–water partition coefficient (Wildman–Crippen LogP) is 2.11. The summed E-state index contributed by atoms with van der Waals surface area (Å²) in [4.78, 5) is 14.4. The highest BCUT2D eigenvalue weighted by Gasteiger charge is 2.27. The maximum Gasteiger partial charge on any atom is 0.254 e. The third-order valence-electron chi connectivity index (χ3n) is 4.14. The number of aryl methyl sites for hydroxylation is 1. The van der Waals surface area contributed by atoms with Gasteiger partial charge in [-0.15, -0.1) is 0 Å². The van der Waals surface area contributed by atoms with Gasteiger partial charge in [-0.1, -0.05) is 19.1 Å². The Balaban J connectivity index is 2.19. The Bertz CT molecular complexity index is 456. The van der Waals surface area contributed by atoms with Crippen molar-refractivity contribution in [3.63, 3.8) is 0 Å². The Morgan fingerprint density at radius 2 is 2.11 bits per heavy atom. The highest BCUT2D eigenvalue weighted by molar-refractivity contribution is 5.96. The number of rotatable bonds is 1. The summed E-state index contributed by atoms with van der Waals surface area (Å²) < 4.78 is 0. The molecule has 1 aromatic rings. The maximum atomic E-state index is 12.5. The molecule has 0 aliphatic carbocycles. The fraction of sp³-hybridized carbons (Fsp3) is 0.533. The van der Waals surface area contributed by atoms with E-state index in [0.717, 1.165) is 29.7 Å². The zero-order chi connectivity index (χ0) is 13.3. The van der Waals surface area contributed by atoms with Crippen molar-refractivity contribution in [1.82, 2.24) is 4.90 Å². The summed E-state index contributed by atoms with van der Waals surface area (Å²) in [6, 6.07) is 6.00. The molecule has 1 aromatic carbocycles. The van der Waals surface area contributed by atoms with Gasteiger partial charge in [0.15, 0.2) is 0 Å². The van der Waals surface area contributed by atoms with E-state index in [4.69, 9.17) is 5.73 Å². The summed E-state index contributed by atoms with van der Waals surface area (Å²) in [6.45, 7) is 7.70. The molecule has 98 valence electrons. The van der Waals surface area contributed by atoms with Gasteiger partial charge in [0.2, 0.25) is 0 Å². The molecular weight excluding hydrogens is 224 g/mol. The van der Waals surface area contributed by atoms with Crippen LogP contribution in [0.5, 0.6) is 0 Å². The number of likely N-dealkylation sites (tertiary alicyclic amines) is 1. The molecule has 1 aliphatic rings. The molecule has 0 bridgehead atoms. The summed E-state index contributed by atoms with van der Waals surface area (Å²) in [5.41, 5.74) is 9.12. The topological polar surface area (TPSA) is 46.3 Å². The first-order chi connectivity index (χ1) is 8.50. The van der Waals surface area contributed by atoms with Crippen LogP contribution < -0.4 is 5.73 Å². The van der Waals surface area contributed by atoms with E-state index in [2.05, 4.69) is 6.92 Å². The van der Waals surface area contributed by atoms with Crippen LogP contribution in [0, 0.1) is 19.8 Å². The molecule has 1 heterocycles. The van der Waals surface area contributed by atoms with Gasteiger partial charge in [-0.3, -0.25) is 4.79 Å². The van der Waals surface area contributed by atoms with E-state index in [-0.39, 0.29) is 11.9 Å². The smallest absolute Gasteiger partial charge is 0.254 e. The molecule has 1 amide bonds. The van der Waals surface area contributed by atoms with Crippen LogP contribution in [0.4, 0.5) is 0 Å². The van der Waals surface area contributed by atoms with E-state index >= 15 is 0 Å². The lowest BCUT2D eigenvalue weighted by Crippen LogP contribution is -2.49. The van der Waals surface area contributed by atoms with Crippen LogP contribution >= 0.6 is 0 Å². The minimum Gasteiger partial charge on any atom is -0.337 e. The van der Waals surface area contributed by atoms with E-state index in [1.165, 1.54) is 0 Å². The van der Waals surface area contributed by atoms with Gasteiger partial charge in [-0.05, 0) is 43.4 Å². The van der Waals surface area contributed by atoms with Crippen LogP contribution in [0.15, 0.2) is 18.2 Å². The fourth-order valence-electron chi connectivity index (χ4n) is 2.44. The number of carbonyl (C=O) groups excluding carboxylic acids is 1. The van der Waals surface area contributed by atoms with E-state index in [1.807, 2.05) is 36.9 Å². The zero-order valence-corrected chi connectivity index (χ0v) is 11.4. The minimum absolute atomic E-state index is 0.104. The number of hydrogen-bond donors (Lipinski definition) is 1. The van der Waals surface area contributed by atoms with Crippen LogP contribution in [-0.4, -0.2) is 29.9 Å². The molecule has 2 rings (SSSR count). The lowest BCUT2D eigenvalue weighted by atomic mass is 9.93. The molecule has 1 saturated heterocycles. The van der Waals surface area contributed by atoms with E-state index in [0.29, 0.717) is 12.5 Å². The number of carbonyl (C=O) groups is 1. The Labute approximate surface area is 109 Å². The summed E-state index contributed by atoms with van der Waals surface area (Å²) in [6.07, 6.45) is 0.998. The molecule has 0 spiro atoms. The van der Waals surface area contributed by atoms with Crippen molar-refractivity contribution >= 4 is 5.91 Å². The molecule has 2 unspecified atom stereocenters. The average molecular weight is 246 g/mol. The van der Waals surface area contributed by atoms with Gasteiger partial charge >= 0.3 is 0 Å². The molecule has 3 heteroatoms. The maximum absolute atomic E-state index is 12.5. The van der Waals surface area contributed by atoms with E-state index in [9.17, 15) is 4.79 Å². The molecule has 2 N–H and O–H groups in total. The SMILES string of the molecule is Cc1cccc(C(=O)N2CCC(C)C(N)C2)c1C. The summed E-state index contributed by atoms with van der Waals surface area (Å²) >= 11 is 0. The number of hydrogen-bond acceptors (Lipinski definition) is 2. The third kappa shape index (κ3) is 2.41. The molecule has 3 nitrogen and oxygen atoms in total. The Morgan fingerprint density at radius 1 is 1.39 bits per heavy atom. The zero-order valence-electron chi connectivity index (χ0n) is 11.4. The standard InChI is InChI=1S/C15H22N2O/c1-10-5-4-6-13(12(10)3)15(18)17-8-7-11(2)14(16)9-17/h4-6,11,14H,7-9,16H2,1-3H3. The monoisotopic (exact) mass is 246 g/mol. The Hall–Kier alpha value is -1.35. The molecule has 0 aromatic heterocycles. The van der Waals surface area contributed by atoms with Crippen LogP contribution in [0.3, 0.4) is 0 Å². The van der Waals surface area contributed by atoms with Crippen LogP contribution in [-0.2, 0) is 0 Å². The van der Waals surface area contributed by atoms with Crippen LogP contribution in [0.2, 0.25) is 0 Å². The van der Waals surface area contributed by atoms with Gasteiger partial charge in [0, 0.05) is 24.7 Å². The van der Waals surface area contributed by atoms with Crippen molar-refractivity contribution in [3.8, 4) is 0 Å². The summed E-state index contributed by atoms with van der Waals surface area (Å²) in [5.74, 6) is 0.631. The number of amides is 1. The van der Waals surface area contributed by atoms with Gasteiger partial charge in [-0.25, -0.2) is 0 Å². The van der Waals surface area contributed by atoms with Gasteiger partial charge in [0.05, 0.1) is 0 Å². The first kappa shape index (κ1) is 13.1. The summed E-state index contributed by atoms with van der Waals surface area (Å²) in [7, 11) is 0. The molecule has 18 heavy (non-hydrogen) atoms. The highest BCUT2D eigenvalue weighted by atomic mass is 16.2. The quantitative estimate of drug-likeness (QED) is 0.825. The van der Waals surface area contributed by atoms with Crippen molar-refractivity contribution < 1.29 is 4.79 Å². The molecule has 1 fully saturated rings. The minimum atomic E-state index is 0.104. The lowest BCUT2D eigenvalue weighted by Gasteiger charge is -2.35. The van der Waals surface area contributed by atoms with Crippen LogP contribution in [0.25, 0.3) is 0 Å². The van der Waals surface area contributed by atoms with E-state index < -0.39 is 0 Å². The second kappa shape index (κ2) is 5.11. The highest BCUT2D eigenvalue weighted by Crippen LogP contribution is 2.20. The van der Waals surface area contributed by atoms with Gasteiger partial charge in [-0.2, -0.15) is 0 Å². The molecule has 2 atom stereocenters. The second-order valence-electron chi connectivity index (χ2n) is 5.43. The van der Waals surface area contributed by atoms with Crippen molar-refractivity contribution in [3.05, 3.63) is 34.9 Å². The lowest BCUT2D eigenvalue weighted by molar-refractivity contribution is 0.0671. The number of piperidine rings is 1. The normalized spacial score (nSPS) is 24.1. The fourth-order valence-corrected chi connectivity index (χ4v) is 2.44. The van der Waals surface area contributed by atoms with Crippen molar-refractivity contribution in [2.24, 2.45) is 11.7 Å². The van der Waals surface area contributed by atoms with Gasteiger partial charge in [0.25, 0.3) is 5.91 Å². The predicted molar refractivity (Wildman–Crippen MR) is 73.6 cm³/mol. The molecular formula is C15H22N2O. The van der Waals surface area contributed by atoms with Gasteiger partial charge < -0.3 is 10.6 Å². The first-order valence-electron chi connectivity index (χ1n) is 6.61. The molecule has 1 aliphatic heterocycles. The third-order valence-corrected chi connectivity index (χ3v) is 4.14. The average Bonchev–Trinajstić information content (AvgIpc) is 2.35. The molecule has 0 radical (unpaired) electrons. The Kier molecular flexibility index (Phi) is 3.71. The summed E-state index contributed by atoms with van der Waals surface area (Å²) in [5, 5.41) is 0. The number of nitrogens with two attached hydrogens (primary N) is 1. The van der Waals surface area contributed by atoms with Gasteiger partial charge in [0.1, 0.15) is 0 Å². The second-order valence-corrected chi connectivity index (χ2v) is 5.43. The van der Waals surface area contributed by atoms with E-state index in [1.54, 1.807) is 0 Å². The van der Waals surface area contributed by atoms with Crippen molar-refractivity contribution in [1.29, 1.82) is 0 Å².